The largest absolute Gasteiger partial charge is 0.465 e. The molecule has 6 nitrogen and oxygen atoms in total. The highest BCUT2D eigenvalue weighted by Crippen LogP contribution is 2.15. The molecule has 0 fully saturated rings. The molecule has 65 heavy (non-hydrogen) atoms. The van der Waals surface area contributed by atoms with Gasteiger partial charge < -0.3 is 20.3 Å². The molecule has 6 heteroatoms. The average Bonchev–Trinajstić information content (AvgIpc) is 3.31. The SMILES string of the molecule is CCCCCC/C=C\C/C=C\CCCCCCCCCC(=O)OCC/C=C\C/C=C\CCCCCCCCCCCCCCCCC(=O)NC(CO)C(O)/C=C/CCCCCCCCC. The summed E-state index contributed by atoms with van der Waals surface area (Å²) in [6.07, 6.45) is 69.8. The molecule has 0 rings (SSSR count). The Morgan fingerprint density at radius 1 is 0.431 bits per heavy atom. The molecule has 2 unspecified atom stereocenters. The van der Waals surface area contributed by atoms with Crippen molar-refractivity contribution in [3.8, 4) is 0 Å². The number of allylic oxidation sites excluding steroid dienone is 8. The summed E-state index contributed by atoms with van der Waals surface area (Å²) in [4.78, 5) is 24.4. The van der Waals surface area contributed by atoms with Gasteiger partial charge in [0.15, 0.2) is 0 Å². The maximum absolute atomic E-state index is 12.4. The topological polar surface area (TPSA) is 95.9 Å². The van der Waals surface area contributed by atoms with Crippen LogP contribution in [0.25, 0.3) is 0 Å². The van der Waals surface area contributed by atoms with Crippen LogP contribution in [0.5, 0.6) is 0 Å². The molecule has 0 bridgehead atoms. The first-order chi connectivity index (χ1) is 32.0. The Bertz CT molecular complexity index is 1140. The first-order valence-electron chi connectivity index (χ1n) is 28.1. The summed E-state index contributed by atoms with van der Waals surface area (Å²) >= 11 is 0. The van der Waals surface area contributed by atoms with Crippen LogP contribution < -0.4 is 5.32 Å². The lowest BCUT2D eigenvalue weighted by molar-refractivity contribution is -0.143. The molecule has 0 aliphatic heterocycles. The quantitative estimate of drug-likeness (QED) is 0.0321. The molecule has 0 aromatic rings. The van der Waals surface area contributed by atoms with Gasteiger partial charge in [-0.1, -0.05) is 242 Å². The molecule has 3 N–H and O–H groups in total. The van der Waals surface area contributed by atoms with Gasteiger partial charge in [-0.2, -0.15) is 0 Å². The van der Waals surface area contributed by atoms with Crippen LogP contribution in [0, 0.1) is 0 Å². The maximum atomic E-state index is 12.4. The van der Waals surface area contributed by atoms with Crippen LogP contribution in [-0.4, -0.2) is 47.4 Å². The highest BCUT2D eigenvalue weighted by atomic mass is 16.5. The number of carbonyl (C=O) groups is 2. The molecule has 0 heterocycles. The average molecular weight is 911 g/mol. The first-order valence-corrected chi connectivity index (χ1v) is 28.1. The van der Waals surface area contributed by atoms with Crippen molar-refractivity contribution in [2.24, 2.45) is 0 Å². The molecule has 0 aliphatic carbocycles. The van der Waals surface area contributed by atoms with E-state index in [0.717, 1.165) is 57.8 Å². The van der Waals surface area contributed by atoms with E-state index in [0.29, 0.717) is 19.4 Å². The van der Waals surface area contributed by atoms with Gasteiger partial charge in [0.05, 0.1) is 25.4 Å². The van der Waals surface area contributed by atoms with Crippen molar-refractivity contribution in [1.29, 1.82) is 0 Å². The third-order valence-corrected chi connectivity index (χ3v) is 12.5. The minimum Gasteiger partial charge on any atom is -0.465 e. The van der Waals surface area contributed by atoms with E-state index in [-0.39, 0.29) is 18.5 Å². The maximum Gasteiger partial charge on any atom is 0.305 e. The zero-order valence-electron chi connectivity index (χ0n) is 43.0. The summed E-state index contributed by atoms with van der Waals surface area (Å²) in [5.74, 6) is -0.121. The van der Waals surface area contributed by atoms with Crippen molar-refractivity contribution in [2.75, 3.05) is 13.2 Å². The fourth-order valence-electron chi connectivity index (χ4n) is 8.21. The Morgan fingerprint density at radius 3 is 1.18 bits per heavy atom. The molecule has 378 valence electrons. The molecular weight excluding hydrogens is 803 g/mol. The van der Waals surface area contributed by atoms with Crippen molar-refractivity contribution in [2.45, 2.75) is 289 Å². The molecule has 0 spiro atoms. The smallest absolute Gasteiger partial charge is 0.305 e. The highest BCUT2D eigenvalue weighted by Gasteiger charge is 2.18. The molecule has 0 aliphatic rings. The normalized spacial score (nSPS) is 13.1. The summed E-state index contributed by atoms with van der Waals surface area (Å²) in [5.41, 5.74) is 0. The van der Waals surface area contributed by atoms with Gasteiger partial charge in [-0.05, 0) is 83.5 Å². The highest BCUT2D eigenvalue weighted by molar-refractivity contribution is 5.76. The van der Waals surface area contributed by atoms with Crippen molar-refractivity contribution in [3.05, 3.63) is 60.8 Å². The molecule has 0 radical (unpaired) electrons. The predicted octanol–water partition coefficient (Wildman–Crippen LogP) is 17.2. The van der Waals surface area contributed by atoms with Gasteiger partial charge in [0, 0.05) is 12.8 Å². The van der Waals surface area contributed by atoms with Crippen LogP contribution >= 0.6 is 0 Å². The minimum absolute atomic E-state index is 0.0443. The van der Waals surface area contributed by atoms with Gasteiger partial charge in [-0.15, -0.1) is 0 Å². The van der Waals surface area contributed by atoms with Crippen LogP contribution in [0.3, 0.4) is 0 Å². The van der Waals surface area contributed by atoms with Crippen molar-refractivity contribution in [3.63, 3.8) is 0 Å². The molecule has 2 atom stereocenters. The number of hydrogen-bond acceptors (Lipinski definition) is 5. The number of unbranched alkanes of at least 4 members (excludes halogenated alkanes) is 32. The van der Waals surface area contributed by atoms with E-state index in [4.69, 9.17) is 4.74 Å². The second-order valence-corrected chi connectivity index (χ2v) is 18.9. The predicted molar refractivity (Wildman–Crippen MR) is 282 cm³/mol. The van der Waals surface area contributed by atoms with Crippen molar-refractivity contribution < 1.29 is 24.5 Å². The van der Waals surface area contributed by atoms with E-state index in [1.165, 1.54) is 193 Å². The lowest BCUT2D eigenvalue weighted by atomic mass is 10.0. The fraction of sp³-hybridized carbons (Fsp3) is 0.797. The van der Waals surface area contributed by atoms with E-state index >= 15 is 0 Å². The van der Waals surface area contributed by atoms with E-state index in [1.807, 2.05) is 6.08 Å². The fourth-order valence-corrected chi connectivity index (χ4v) is 8.21. The van der Waals surface area contributed by atoms with Crippen LogP contribution in [0.2, 0.25) is 0 Å². The van der Waals surface area contributed by atoms with E-state index in [9.17, 15) is 19.8 Å². The Hall–Kier alpha value is -2.44. The lowest BCUT2D eigenvalue weighted by Crippen LogP contribution is -2.45. The molecule has 0 aromatic heterocycles. The standard InChI is InChI=1S/C59H107NO5/c1-3-5-7-9-11-13-14-15-16-17-24-27-30-33-37-41-45-49-53-59(64)65-54-50-46-42-38-34-31-28-25-22-20-18-19-21-23-26-29-32-36-40-44-48-52-58(63)60-56(55-61)57(62)51-47-43-39-35-12-10-8-6-4-2/h13-14,16-17,31,34,42,46-47,51,56-57,61-62H,3-12,15,18-30,32-33,35-41,43-45,48-50,52-55H2,1-2H3,(H,60,63)/b14-13-,17-16-,34-31-,46-42-,51-47+. The molecular formula is C59H107NO5. The van der Waals surface area contributed by atoms with E-state index in [1.54, 1.807) is 6.08 Å². The molecule has 0 aromatic carbocycles. The number of aliphatic hydroxyl groups is 2. The monoisotopic (exact) mass is 910 g/mol. The van der Waals surface area contributed by atoms with Gasteiger partial charge in [0.1, 0.15) is 0 Å². The van der Waals surface area contributed by atoms with Crippen molar-refractivity contribution in [1.82, 2.24) is 5.32 Å². The van der Waals surface area contributed by atoms with Gasteiger partial charge in [0.2, 0.25) is 5.91 Å². The second kappa shape index (κ2) is 54.2. The second-order valence-electron chi connectivity index (χ2n) is 18.9. The van der Waals surface area contributed by atoms with Gasteiger partial charge in [0.25, 0.3) is 0 Å². The first kappa shape index (κ1) is 62.6. The third-order valence-electron chi connectivity index (χ3n) is 12.5. The summed E-state index contributed by atoms with van der Waals surface area (Å²) in [6, 6.07) is -0.631. The minimum atomic E-state index is -0.847. The van der Waals surface area contributed by atoms with Crippen LogP contribution in [0.4, 0.5) is 0 Å². The number of aliphatic hydroxyl groups excluding tert-OH is 2. The van der Waals surface area contributed by atoms with E-state index in [2.05, 4.69) is 67.8 Å². The summed E-state index contributed by atoms with van der Waals surface area (Å²) in [6.45, 7) is 4.74. The lowest BCUT2D eigenvalue weighted by Gasteiger charge is -2.20. The summed E-state index contributed by atoms with van der Waals surface area (Å²) < 4.78 is 5.42. The number of ether oxygens (including phenoxy) is 1. The van der Waals surface area contributed by atoms with E-state index < -0.39 is 12.1 Å². The number of nitrogens with one attached hydrogen (secondary N) is 1. The molecule has 0 saturated heterocycles. The molecule has 1 amide bonds. The number of hydrogen-bond donors (Lipinski definition) is 3. The number of rotatable bonds is 51. The van der Waals surface area contributed by atoms with Gasteiger partial charge >= 0.3 is 5.97 Å². The Labute approximate surface area is 403 Å². The van der Waals surface area contributed by atoms with Crippen LogP contribution in [-0.2, 0) is 14.3 Å². The van der Waals surface area contributed by atoms with Crippen LogP contribution in [0.15, 0.2) is 60.8 Å². The number of carbonyl (C=O) groups excluding carboxylic acids is 2. The van der Waals surface area contributed by atoms with Gasteiger partial charge in [-0.25, -0.2) is 0 Å². The molecule has 0 saturated carbocycles. The number of esters is 1. The summed E-state index contributed by atoms with van der Waals surface area (Å²) in [5, 5.41) is 22.9. The van der Waals surface area contributed by atoms with Crippen LogP contribution in [0.1, 0.15) is 277 Å². The third kappa shape index (κ3) is 50.8. The zero-order valence-corrected chi connectivity index (χ0v) is 43.0. The zero-order chi connectivity index (χ0) is 47.2. The van der Waals surface area contributed by atoms with Gasteiger partial charge in [-0.3, -0.25) is 9.59 Å². The summed E-state index contributed by atoms with van der Waals surface area (Å²) in [7, 11) is 0. The number of amides is 1. The Balaban J connectivity index is 3.46. The Kier molecular flexibility index (Phi) is 52.1. The Morgan fingerprint density at radius 2 is 0.769 bits per heavy atom. The van der Waals surface area contributed by atoms with Crippen molar-refractivity contribution >= 4 is 11.9 Å².